The summed E-state index contributed by atoms with van der Waals surface area (Å²) >= 11 is 1.40. The lowest BCUT2D eigenvalue weighted by Crippen LogP contribution is -1.91. The average molecular weight is 336 g/mol. The van der Waals surface area contributed by atoms with Crippen LogP contribution in [0.1, 0.15) is 51.0 Å². The van der Waals surface area contributed by atoms with Crippen molar-refractivity contribution in [3.63, 3.8) is 0 Å². The maximum absolute atomic E-state index is 11.8. The third kappa shape index (κ3) is 8.12. The van der Waals surface area contributed by atoms with Crippen molar-refractivity contribution in [3.8, 4) is 11.5 Å². The van der Waals surface area contributed by atoms with Gasteiger partial charge < -0.3 is 9.47 Å². The van der Waals surface area contributed by atoms with Gasteiger partial charge in [-0.15, -0.1) is 0 Å². The third-order valence-electron chi connectivity index (χ3n) is 3.56. The summed E-state index contributed by atoms with van der Waals surface area (Å²) in [6, 6.07) is 5.61. The van der Waals surface area contributed by atoms with E-state index >= 15 is 0 Å². The number of methoxy groups -OCH3 is 2. The van der Waals surface area contributed by atoms with Crippen molar-refractivity contribution in [2.45, 2.75) is 45.4 Å². The summed E-state index contributed by atoms with van der Waals surface area (Å²) < 4.78 is 10.5. The number of ether oxygens (including phenoxy) is 2. The smallest absolute Gasteiger partial charge is 0.212 e. The topological polar surface area (TPSA) is 35.5 Å². The van der Waals surface area contributed by atoms with Crippen LogP contribution in [0.3, 0.4) is 0 Å². The maximum Gasteiger partial charge on any atom is 0.212 e. The van der Waals surface area contributed by atoms with E-state index in [9.17, 15) is 4.79 Å². The molecule has 0 saturated heterocycles. The molecule has 0 N–H and O–H groups in total. The maximum atomic E-state index is 11.8. The first-order chi connectivity index (χ1) is 11.2. The average Bonchev–Trinajstić information content (AvgIpc) is 2.58. The van der Waals surface area contributed by atoms with Crippen LogP contribution >= 0.6 is 11.8 Å². The van der Waals surface area contributed by atoms with Crippen LogP contribution < -0.4 is 9.47 Å². The van der Waals surface area contributed by atoms with E-state index in [1.54, 1.807) is 20.3 Å². The van der Waals surface area contributed by atoms with Crippen LogP contribution in [0.2, 0.25) is 0 Å². The Morgan fingerprint density at radius 1 is 1.04 bits per heavy atom. The van der Waals surface area contributed by atoms with Crippen LogP contribution in [0.25, 0.3) is 6.08 Å². The van der Waals surface area contributed by atoms with Crippen molar-refractivity contribution in [3.05, 3.63) is 29.8 Å². The summed E-state index contributed by atoms with van der Waals surface area (Å²) in [6.07, 6.45) is 11.0. The van der Waals surface area contributed by atoms with Crippen molar-refractivity contribution >= 4 is 23.0 Å². The number of carbonyl (C=O) groups excluding carboxylic acids is 1. The van der Waals surface area contributed by atoms with Gasteiger partial charge in [-0.05, 0) is 30.2 Å². The molecule has 0 aliphatic rings. The van der Waals surface area contributed by atoms with Crippen LogP contribution in [0, 0.1) is 0 Å². The van der Waals surface area contributed by atoms with E-state index in [1.165, 1.54) is 43.9 Å². The Morgan fingerprint density at radius 2 is 1.74 bits per heavy atom. The van der Waals surface area contributed by atoms with E-state index in [-0.39, 0.29) is 5.12 Å². The molecule has 0 aliphatic heterocycles. The quantitative estimate of drug-likeness (QED) is 0.404. The van der Waals surface area contributed by atoms with Gasteiger partial charge >= 0.3 is 0 Å². The minimum Gasteiger partial charge on any atom is -0.493 e. The Labute approximate surface area is 144 Å². The van der Waals surface area contributed by atoms with E-state index in [4.69, 9.17) is 9.47 Å². The third-order valence-corrected chi connectivity index (χ3v) is 4.48. The van der Waals surface area contributed by atoms with Gasteiger partial charge in [-0.3, -0.25) is 4.79 Å². The Kier molecular flexibility index (Phi) is 10.3. The molecule has 0 bridgehead atoms. The molecule has 23 heavy (non-hydrogen) atoms. The summed E-state index contributed by atoms with van der Waals surface area (Å²) in [5.41, 5.74) is 0.927. The Bertz CT molecular complexity index is 497. The molecular formula is C19H28O3S. The molecule has 0 fully saturated rings. The highest BCUT2D eigenvalue weighted by molar-refractivity contribution is 8.14. The van der Waals surface area contributed by atoms with E-state index < -0.39 is 0 Å². The first-order valence-corrected chi connectivity index (χ1v) is 9.26. The molecule has 4 heteroatoms. The summed E-state index contributed by atoms with van der Waals surface area (Å²) in [7, 11) is 3.21. The molecule has 1 aromatic carbocycles. The second kappa shape index (κ2) is 12.1. The molecule has 128 valence electrons. The van der Waals surface area contributed by atoms with Crippen LogP contribution in [0.15, 0.2) is 24.3 Å². The van der Waals surface area contributed by atoms with E-state index in [0.717, 1.165) is 17.7 Å². The predicted molar refractivity (Wildman–Crippen MR) is 99.4 cm³/mol. The zero-order valence-electron chi connectivity index (χ0n) is 14.5. The molecule has 1 aromatic rings. The van der Waals surface area contributed by atoms with Gasteiger partial charge in [-0.1, -0.05) is 62.9 Å². The molecule has 0 radical (unpaired) electrons. The molecule has 1 rings (SSSR count). The molecular weight excluding hydrogens is 308 g/mol. The van der Waals surface area contributed by atoms with Crippen LogP contribution in [0.4, 0.5) is 0 Å². The Hall–Kier alpha value is -1.42. The van der Waals surface area contributed by atoms with Crippen LogP contribution in [0.5, 0.6) is 11.5 Å². The van der Waals surface area contributed by atoms with E-state index in [1.807, 2.05) is 24.3 Å². The lowest BCUT2D eigenvalue weighted by Gasteiger charge is -2.07. The molecule has 0 aromatic heterocycles. The summed E-state index contributed by atoms with van der Waals surface area (Å²) in [6.45, 7) is 2.22. The fraction of sp³-hybridized carbons (Fsp3) is 0.526. The van der Waals surface area contributed by atoms with E-state index in [0.29, 0.717) is 11.5 Å². The number of benzene rings is 1. The number of thioether (sulfide) groups is 1. The monoisotopic (exact) mass is 336 g/mol. The highest BCUT2D eigenvalue weighted by atomic mass is 32.2. The standard InChI is InChI=1S/C19H28O3S/c1-4-5-6-7-8-9-14-23-19(20)13-11-16-10-12-17(21-2)18(15-16)22-3/h10-13,15H,4-9,14H2,1-3H3/b13-11+. The van der Waals surface area contributed by atoms with Crippen molar-refractivity contribution in [2.75, 3.05) is 20.0 Å². The highest BCUT2D eigenvalue weighted by Gasteiger charge is 2.03. The molecule has 0 heterocycles. The normalized spacial score (nSPS) is 10.9. The SMILES string of the molecule is CCCCCCCCSC(=O)/C=C/c1ccc(OC)c(OC)c1. The van der Waals surface area contributed by atoms with Crippen molar-refractivity contribution in [1.82, 2.24) is 0 Å². The molecule has 0 amide bonds. The fourth-order valence-corrected chi connectivity index (χ4v) is 2.94. The second-order valence-electron chi connectivity index (χ2n) is 5.38. The second-order valence-corrected chi connectivity index (χ2v) is 6.48. The number of rotatable bonds is 11. The van der Waals surface area contributed by atoms with Crippen LogP contribution in [-0.2, 0) is 4.79 Å². The molecule has 0 spiro atoms. The van der Waals surface area contributed by atoms with Gasteiger partial charge in [-0.2, -0.15) is 0 Å². The highest BCUT2D eigenvalue weighted by Crippen LogP contribution is 2.28. The number of carbonyl (C=O) groups is 1. The van der Waals surface area contributed by atoms with Gasteiger partial charge in [0.15, 0.2) is 11.5 Å². The van der Waals surface area contributed by atoms with Crippen LogP contribution in [-0.4, -0.2) is 25.1 Å². The fourth-order valence-electron chi connectivity index (χ4n) is 2.22. The zero-order valence-corrected chi connectivity index (χ0v) is 15.3. The Balaban J connectivity index is 2.32. The summed E-state index contributed by atoms with van der Waals surface area (Å²) in [5.74, 6) is 2.26. The van der Waals surface area contributed by atoms with Gasteiger partial charge in [0.05, 0.1) is 14.2 Å². The number of hydrogen-bond donors (Lipinski definition) is 0. The van der Waals surface area contributed by atoms with Gasteiger partial charge in [0.1, 0.15) is 0 Å². The van der Waals surface area contributed by atoms with Crippen molar-refractivity contribution in [1.29, 1.82) is 0 Å². The minimum absolute atomic E-state index is 0.105. The van der Waals surface area contributed by atoms with Gasteiger partial charge in [0, 0.05) is 5.75 Å². The molecule has 0 saturated carbocycles. The molecule has 0 unspecified atom stereocenters. The largest absolute Gasteiger partial charge is 0.493 e. The zero-order chi connectivity index (χ0) is 16.9. The van der Waals surface area contributed by atoms with Crippen molar-refractivity contribution in [2.24, 2.45) is 0 Å². The summed E-state index contributed by atoms with van der Waals surface area (Å²) in [4.78, 5) is 11.8. The molecule has 0 atom stereocenters. The van der Waals surface area contributed by atoms with Gasteiger partial charge in [-0.25, -0.2) is 0 Å². The number of unbranched alkanes of at least 4 members (excludes halogenated alkanes) is 5. The van der Waals surface area contributed by atoms with Gasteiger partial charge in [0.2, 0.25) is 5.12 Å². The predicted octanol–water partition coefficient (Wildman–Crippen LogP) is 5.34. The first kappa shape index (κ1) is 19.6. The summed E-state index contributed by atoms with van der Waals surface area (Å²) in [5, 5.41) is 0.105. The minimum atomic E-state index is 0.105. The Morgan fingerprint density at radius 3 is 2.43 bits per heavy atom. The molecule has 0 aliphatic carbocycles. The van der Waals surface area contributed by atoms with Crippen molar-refractivity contribution < 1.29 is 14.3 Å². The molecule has 3 nitrogen and oxygen atoms in total. The lowest BCUT2D eigenvalue weighted by molar-refractivity contribution is -0.107. The lowest BCUT2D eigenvalue weighted by atomic mass is 10.1. The van der Waals surface area contributed by atoms with E-state index in [2.05, 4.69) is 6.92 Å². The first-order valence-electron chi connectivity index (χ1n) is 8.28. The van der Waals surface area contributed by atoms with Gasteiger partial charge in [0.25, 0.3) is 0 Å². The number of hydrogen-bond acceptors (Lipinski definition) is 4.